The van der Waals surface area contributed by atoms with Crippen LogP contribution in [-0.2, 0) is 5.54 Å². The summed E-state index contributed by atoms with van der Waals surface area (Å²) in [7, 11) is 5.64. The predicted octanol–water partition coefficient (Wildman–Crippen LogP) is 4.39. The van der Waals surface area contributed by atoms with Gasteiger partial charge in [0, 0.05) is 23.4 Å². The van der Waals surface area contributed by atoms with Crippen molar-refractivity contribution in [2.75, 3.05) is 7.05 Å². The Morgan fingerprint density at radius 1 is 1.17 bits per heavy atom. The fourth-order valence-electron chi connectivity index (χ4n) is 3.09. The number of hydrogen-bond donors (Lipinski definition) is 1. The Hall–Kier alpha value is -1.83. The van der Waals surface area contributed by atoms with E-state index >= 15 is 0 Å². The number of benzene rings is 2. The van der Waals surface area contributed by atoms with Crippen molar-refractivity contribution in [3.8, 4) is 11.1 Å². The molecule has 124 valence electrons. The first kappa shape index (κ1) is 17.0. The Balaban J connectivity index is 2.10. The first-order valence-corrected chi connectivity index (χ1v) is 8.74. The summed E-state index contributed by atoms with van der Waals surface area (Å²) in [4.78, 5) is 6.67. The van der Waals surface area contributed by atoms with Gasteiger partial charge in [-0.2, -0.15) is 0 Å². The van der Waals surface area contributed by atoms with Crippen LogP contribution in [0.2, 0.25) is 5.02 Å². The van der Waals surface area contributed by atoms with Crippen LogP contribution < -0.4 is 5.73 Å². The van der Waals surface area contributed by atoms with Crippen molar-refractivity contribution in [2.24, 2.45) is 16.6 Å². The van der Waals surface area contributed by atoms with E-state index in [1.54, 1.807) is 0 Å². The molecule has 0 amide bonds. The second kappa shape index (κ2) is 6.23. The molecule has 1 heterocycles. The van der Waals surface area contributed by atoms with Gasteiger partial charge in [0.05, 0.1) is 5.54 Å². The maximum atomic E-state index is 6.13. The lowest BCUT2D eigenvalue weighted by molar-refractivity contribution is 0.372. The summed E-state index contributed by atoms with van der Waals surface area (Å²) in [5.74, 6) is 0.676. The molecule has 2 aromatic carbocycles. The first-order valence-electron chi connectivity index (χ1n) is 7.87. The van der Waals surface area contributed by atoms with Crippen LogP contribution in [0.1, 0.15) is 19.4 Å². The molecule has 1 aliphatic heterocycles. The molecule has 0 spiro atoms. The van der Waals surface area contributed by atoms with Crippen molar-refractivity contribution >= 4 is 31.8 Å². The Labute approximate surface area is 150 Å². The smallest absolute Gasteiger partial charge is 0.196 e. The van der Waals surface area contributed by atoms with Crippen molar-refractivity contribution in [2.45, 2.75) is 19.4 Å². The summed E-state index contributed by atoms with van der Waals surface area (Å²) in [6.07, 6.45) is 0. The molecular weight excluding hydrogens is 337 g/mol. The van der Waals surface area contributed by atoms with Crippen molar-refractivity contribution < 1.29 is 0 Å². The molecule has 3 nitrogen and oxygen atoms in total. The van der Waals surface area contributed by atoms with Crippen LogP contribution in [0.5, 0.6) is 0 Å². The molecule has 0 aromatic heterocycles. The minimum atomic E-state index is -0.428. The molecule has 0 unspecified atom stereocenters. The Kier molecular flexibility index (Phi) is 4.42. The van der Waals surface area contributed by atoms with Crippen molar-refractivity contribution in [1.29, 1.82) is 0 Å². The fourth-order valence-corrected chi connectivity index (χ4v) is 3.67. The van der Waals surface area contributed by atoms with Gasteiger partial charge in [0.15, 0.2) is 5.96 Å². The van der Waals surface area contributed by atoms with Crippen molar-refractivity contribution in [3.63, 3.8) is 0 Å². The van der Waals surface area contributed by atoms with E-state index in [-0.39, 0.29) is 5.92 Å². The highest BCUT2D eigenvalue weighted by atomic mass is 35.5. The molecule has 2 aromatic rings. The van der Waals surface area contributed by atoms with Gasteiger partial charge in [-0.1, -0.05) is 57.7 Å². The molecule has 3 rings (SSSR count). The molecule has 0 aliphatic carbocycles. The van der Waals surface area contributed by atoms with Gasteiger partial charge in [0.2, 0.25) is 0 Å². The van der Waals surface area contributed by atoms with E-state index in [9.17, 15) is 0 Å². The number of hydrogen-bond acceptors (Lipinski definition) is 2. The van der Waals surface area contributed by atoms with Crippen LogP contribution in [-0.4, -0.2) is 23.3 Å². The third-order valence-electron chi connectivity index (χ3n) is 4.91. The summed E-state index contributed by atoms with van der Waals surface area (Å²) < 4.78 is 0. The summed E-state index contributed by atoms with van der Waals surface area (Å²) in [5, 5.41) is 0.731. The lowest BCUT2D eigenvalue weighted by Crippen LogP contribution is -2.51. The summed E-state index contributed by atoms with van der Waals surface area (Å²) in [6, 6.07) is 16.3. The quantitative estimate of drug-likeness (QED) is 0.810. The molecule has 2 atom stereocenters. The summed E-state index contributed by atoms with van der Waals surface area (Å²) in [6.45, 7) is 4.27. The van der Waals surface area contributed by atoms with Gasteiger partial charge in [-0.3, -0.25) is 0 Å². The number of guanidine groups is 1. The number of halogens is 1. The SMILES string of the molecule is C[C@H]1C(=P)N(C)C(N)=N[C@]1(C)c1cccc(-c2cccc(Cl)c2)c1. The first-order chi connectivity index (χ1) is 11.3. The number of nitrogens with zero attached hydrogens (tertiary/aromatic N) is 2. The van der Waals surface area contributed by atoms with E-state index in [1.807, 2.05) is 30.1 Å². The van der Waals surface area contributed by atoms with E-state index in [1.165, 1.54) is 0 Å². The zero-order valence-corrected chi connectivity index (χ0v) is 15.8. The standard InChI is InChI=1S/C19H21ClN3P/c1-12-17(24)23(3)18(21)22-19(12,2)15-8-4-6-13(10-15)14-7-5-9-16(20)11-14/h4-12,24H,1-3H3,(H2,21,22)/t12-,19-/m0/s1. The number of aliphatic imine (C=N–C) groups is 1. The molecule has 0 saturated heterocycles. The van der Waals surface area contributed by atoms with Gasteiger partial charge in [-0.05, 0) is 41.8 Å². The number of rotatable bonds is 2. The Morgan fingerprint density at radius 3 is 2.46 bits per heavy atom. The highest BCUT2D eigenvalue weighted by molar-refractivity contribution is 7.21. The largest absolute Gasteiger partial charge is 0.369 e. The van der Waals surface area contributed by atoms with E-state index in [0.717, 1.165) is 27.1 Å². The minimum absolute atomic E-state index is 0.168. The molecule has 24 heavy (non-hydrogen) atoms. The summed E-state index contributed by atoms with van der Waals surface area (Å²) >= 11 is 6.13. The van der Waals surface area contributed by atoms with E-state index in [4.69, 9.17) is 22.3 Å². The molecule has 0 bridgehead atoms. The molecule has 1 aliphatic rings. The highest BCUT2D eigenvalue weighted by Crippen LogP contribution is 2.39. The lowest BCUT2D eigenvalue weighted by Gasteiger charge is -2.41. The van der Waals surface area contributed by atoms with E-state index < -0.39 is 5.54 Å². The predicted molar refractivity (Wildman–Crippen MR) is 106 cm³/mol. The maximum absolute atomic E-state index is 6.13. The third-order valence-corrected chi connectivity index (χ3v) is 5.91. The average molecular weight is 358 g/mol. The third kappa shape index (κ3) is 2.83. The zero-order valence-electron chi connectivity index (χ0n) is 14.0. The summed E-state index contributed by atoms with van der Waals surface area (Å²) in [5.41, 5.74) is 10.0. The maximum Gasteiger partial charge on any atom is 0.196 e. The molecular formula is C19H21ClN3P. The normalized spacial score (nSPS) is 24.0. The van der Waals surface area contributed by atoms with Gasteiger partial charge >= 0.3 is 0 Å². The van der Waals surface area contributed by atoms with Crippen molar-refractivity contribution in [1.82, 2.24) is 4.90 Å². The topological polar surface area (TPSA) is 41.6 Å². The van der Waals surface area contributed by atoms with E-state index in [2.05, 4.69) is 53.0 Å². The minimum Gasteiger partial charge on any atom is -0.369 e. The van der Waals surface area contributed by atoms with Crippen LogP contribution in [0.25, 0.3) is 11.1 Å². The average Bonchev–Trinajstić information content (AvgIpc) is 2.58. The van der Waals surface area contributed by atoms with Crippen LogP contribution in [0.3, 0.4) is 0 Å². The molecule has 5 heteroatoms. The van der Waals surface area contributed by atoms with Gasteiger partial charge in [-0.15, -0.1) is 0 Å². The van der Waals surface area contributed by atoms with E-state index in [0.29, 0.717) is 5.96 Å². The molecule has 0 saturated carbocycles. The van der Waals surface area contributed by atoms with Gasteiger partial charge < -0.3 is 10.6 Å². The Bertz CT molecular complexity index is 833. The monoisotopic (exact) mass is 357 g/mol. The zero-order chi connectivity index (χ0) is 17.5. The van der Waals surface area contributed by atoms with Crippen molar-refractivity contribution in [3.05, 3.63) is 59.1 Å². The van der Waals surface area contributed by atoms with Gasteiger partial charge in [-0.25, -0.2) is 4.99 Å². The highest BCUT2D eigenvalue weighted by Gasteiger charge is 2.40. The Morgan fingerprint density at radius 2 is 1.79 bits per heavy atom. The number of nitrogens with two attached hydrogens (primary N) is 1. The molecule has 0 fully saturated rings. The fraction of sp³-hybridized carbons (Fsp3) is 0.263. The van der Waals surface area contributed by atoms with Crippen LogP contribution >= 0.6 is 20.5 Å². The van der Waals surface area contributed by atoms with Gasteiger partial charge in [0.25, 0.3) is 0 Å². The van der Waals surface area contributed by atoms with Crippen LogP contribution in [0.4, 0.5) is 0 Å². The lowest BCUT2D eigenvalue weighted by atomic mass is 9.79. The second-order valence-corrected chi connectivity index (χ2v) is 7.32. The van der Waals surface area contributed by atoms with Crippen LogP contribution in [0, 0.1) is 5.92 Å². The second-order valence-electron chi connectivity index (χ2n) is 6.37. The molecule has 0 radical (unpaired) electrons. The molecule has 2 N–H and O–H groups in total. The van der Waals surface area contributed by atoms with Crippen LogP contribution in [0.15, 0.2) is 53.5 Å². The van der Waals surface area contributed by atoms with Gasteiger partial charge in [0.1, 0.15) is 0 Å².